The summed E-state index contributed by atoms with van der Waals surface area (Å²) in [5, 5.41) is 0. The van der Waals surface area contributed by atoms with Gasteiger partial charge in [0.05, 0.1) is 18.6 Å². The Kier molecular flexibility index (Phi) is 3.13. The molecule has 1 saturated heterocycles. The van der Waals surface area contributed by atoms with Gasteiger partial charge in [-0.25, -0.2) is 0 Å². The molecule has 0 atom stereocenters. The smallest absolute Gasteiger partial charge is 0.0669 e. The Bertz CT molecular complexity index is 570. The summed E-state index contributed by atoms with van der Waals surface area (Å²) in [5.74, 6) is 0. The molecule has 1 fully saturated rings. The van der Waals surface area contributed by atoms with E-state index in [1.165, 1.54) is 22.3 Å². The van der Waals surface area contributed by atoms with E-state index >= 15 is 0 Å². The summed E-state index contributed by atoms with van der Waals surface area (Å²) in [4.78, 5) is 0. The second-order valence-electron chi connectivity index (χ2n) is 5.35. The van der Waals surface area contributed by atoms with Crippen LogP contribution in [0.2, 0.25) is 0 Å². The average molecular weight is 253 g/mol. The Morgan fingerprint density at radius 3 is 2.37 bits per heavy atom. The minimum atomic E-state index is 0.0128. The van der Waals surface area contributed by atoms with Crippen molar-refractivity contribution in [2.75, 3.05) is 13.2 Å². The van der Waals surface area contributed by atoms with Gasteiger partial charge in [0.1, 0.15) is 0 Å². The maximum Gasteiger partial charge on any atom is 0.0669 e. The van der Waals surface area contributed by atoms with Crippen LogP contribution < -0.4 is 5.73 Å². The van der Waals surface area contributed by atoms with Crippen molar-refractivity contribution in [2.45, 2.75) is 18.9 Å². The summed E-state index contributed by atoms with van der Waals surface area (Å²) < 4.78 is 5.52. The van der Waals surface area contributed by atoms with Crippen LogP contribution in [0.4, 0.5) is 0 Å². The molecule has 2 heteroatoms. The topological polar surface area (TPSA) is 35.2 Å². The molecule has 0 aromatic heterocycles. The predicted molar refractivity (Wildman–Crippen MR) is 77.1 cm³/mol. The maximum atomic E-state index is 5.75. The highest BCUT2D eigenvalue weighted by atomic mass is 16.5. The van der Waals surface area contributed by atoms with Crippen molar-refractivity contribution in [2.24, 2.45) is 5.73 Å². The SMILES string of the molecule is Cc1ccc(C2(c3cccc(CN)c3)COC2)cc1. The first-order valence-corrected chi connectivity index (χ1v) is 6.69. The zero-order valence-electron chi connectivity index (χ0n) is 11.2. The van der Waals surface area contributed by atoms with Crippen LogP contribution in [0.5, 0.6) is 0 Å². The lowest BCUT2D eigenvalue weighted by molar-refractivity contribution is -0.0380. The Hall–Kier alpha value is -1.64. The highest BCUT2D eigenvalue weighted by molar-refractivity contribution is 5.44. The molecule has 0 unspecified atom stereocenters. The number of hydrogen-bond donors (Lipinski definition) is 1. The predicted octanol–water partition coefficient (Wildman–Crippen LogP) is 2.77. The molecule has 1 heterocycles. The summed E-state index contributed by atoms with van der Waals surface area (Å²) in [5.41, 5.74) is 10.9. The van der Waals surface area contributed by atoms with E-state index in [1.54, 1.807) is 0 Å². The van der Waals surface area contributed by atoms with Gasteiger partial charge in [-0.2, -0.15) is 0 Å². The van der Waals surface area contributed by atoms with Crippen LogP contribution in [0.3, 0.4) is 0 Å². The van der Waals surface area contributed by atoms with Crippen molar-refractivity contribution < 1.29 is 4.74 Å². The molecule has 2 aromatic carbocycles. The van der Waals surface area contributed by atoms with Crippen LogP contribution in [0, 0.1) is 6.92 Å². The van der Waals surface area contributed by atoms with E-state index in [9.17, 15) is 0 Å². The van der Waals surface area contributed by atoms with Gasteiger partial charge < -0.3 is 10.5 Å². The Balaban J connectivity index is 2.05. The fraction of sp³-hybridized carbons (Fsp3) is 0.294. The van der Waals surface area contributed by atoms with Crippen LogP contribution in [-0.4, -0.2) is 13.2 Å². The second-order valence-corrected chi connectivity index (χ2v) is 5.35. The molecular weight excluding hydrogens is 234 g/mol. The molecule has 3 rings (SSSR count). The molecule has 0 amide bonds. The van der Waals surface area contributed by atoms with Gasteiger partial charge in [-0.15, -0.1) is 0 Å². The van der Waals surface area contributed by atoms with E-state index in [0.717, 1.165) is 13.2 Å². The van der Waals surface area contributed by atoms with Crippen molar-refractivity contribution in [1.29, 1.82) is 0 Å². The molecule has 1 aliphatic rings. The first-order valence-electron chi connectivity index (χ1n) is 6.69. The molecule has 0 radical (unpaired) electrons. The van der Waals surface area contributed by atoms with Crippen molar-refractivity contribution in [3.05, 3.63) is 70.8 Å². The molecule has 98 valence electrons. The van der Waals surface area contributed by atoms with Gasteiger partial charge in [0.2, 0.25) is 0 Å². The van der Waals surface area contributed by atoms with Crippen LogP contribution in [-0.2, 0) is 16.7 Å². The van der Waals surface area contributed by atoms with Crippen LogP contribution in [0.15, 0.2) is 48.5 Å². The van der Waals surface area contributed by atoms with Crippen LogP contribution in [0.1, 0.15) is 22.3 Å². The van der Waals surface area contributed by atoms with Crippen molar-refractivity contribution in [3.8, 4) is 0 Å². The van der Waals surface area contributed by atoms with Gasteiger partial charge in [0.15, 0.2) is 0 Å². The van der Waals surface area contributed by atoms with Gasteiger partial charge in [-0.1, -0.05) is 54.1 Å². The highest BCUT2D eigenvalue weighted by Crippen LogP contribution is 2.39. The molecule has 2 nitrogen and oxygen atoms in total. The van der Waals surface area contributed by atoms with E-state index < -0.39 is 0 Å². The summed E-state index contributed by atoms with van der Waals surface area (Å²) in [6.07, 6.45) is 0. The number of aryl methyl sites for hydroxylation is 1. The van der Waals surface area contributed by atoms with Gasteiger partial charge in [-0.05, 0) is 23.6 Å². The molecule has 1 aliphatic heterocycles. The lowest BCUT2D eigenvalue weighted by atomic mass is 9.72. The third-order valence-corrected chi connectivity index (χ3v) is 4.02. The minimum Gasteiger partial charge on any atom is -0.379 e. The Morgan fingerprint density at radius 2 is 1.79 bits per heavy atom. The van der Waals surface area contributed by atoms with Gasteiger partial charge >= 0.3 is 0 Å². The lowest BCUT2D eigenvalue weighted by Gasteiger charge is -2.42. The third-order valence-electron chi connectivity index (χ3n) is 4.02. The monoisotopic (exact) mass is 253 g/mol. The largest absolute Gasteiger partial charge is 0.379 e. The normalized spacial score (nSPS) is 16.9. The molecule has 0 bridgehead atoms. The fourth-order valence-electron chi connectivity index (χ4n) is 2.67. The van der Waals surface area contributed by atoms with E-state index in [-0.39, 0.29) is 5.41 Å². The molecule has 2 aromatic rings. The number of hydrogen-bond acceptors (Lipinski definition) is 2. The number of ether oxygens (including phenoxy) is 1. The van der Waals surface area contributed by atoms with Crippen molar-refractivity contribution >= 4 is 0 Å². The molecule has 0 saturated carbocycles. The van der Waals surface area contributed by atoms with Crippen molar-refractivity contribution in [1.82, 2.24) is 0 Å². The van der Waals surface area contributed by atoms with E-state index in [2.05, 4.69) is 55.5 Å². The minimum absolute atomic E-state index is 0.0128. The van der Waals surface area contributed by atoms with Crippen molar-refractivity contribution in [3.63, 3.8) is 0 Å². The quantitative estimate of drug-likeness (QED) is 0.913. The van der Waals surface area contributed by atoms with E-state index in [1.807, 2.05) is 0 Å². The zero-order valence-corrected chi connectivity index (χ0v) is 11.2. The molecule has 19 heavy (non-hydrogen) atoms. The highest BCUT2D eigenvalue weighted by Gasteiger charge is 2.41. The third kappa shape index (κ3) is 2.07. The first kappa shape index (κ1) is 12.4. The first-order chi connectivity index (χ1) is 9.24. The zero-order chi connectivity index (χ0) is 13.3. The lowest BCUT2D eigenvalue weighted by Crippen LogP contribution is -2.47. The molecule has 0 spiro atoms. The average Bonchev–Trinajstić information content (AvgIpc) is 2.40. The number of rotatable bonds is 3. The molecule has 0 aliphatic carbocycles. The fourth-order valence-corrected chi connectivity index (χ4v) is 2.67. The Morgan fingerprint density at radius 1 is 1.05 bits per heavy atom. The summed E-state index contributed by atoms with van der Waals surface area (Å²) in [7, 11) is 0. The van der Waals surface area contributed by atoms with E-state index in [4.69, 9.17) is 10.5 Å². The summed E-state index contributed by atoms with van der Waals surface area (Å²) >= 11 is 0. The second kappa shape index (κ2) is 4.80. The maximum absolute atomic E-state index is 5.75. The Labute approximate surface area is 114 Å². The molecule has 2 N–H and O–H groups in total. The van der Waals surface area contributed by atoms with E-state index in [0.29, 0.717) is 6.54 Å². The summed E-state index contributed by atoms with van der Waals surface area (Å²) in [6, 6.07) is 17.3. The number of benzene rings is 2. The molecular formula is C17H19NO. The van der Waals surface area contributed by atoms with Gasteiger partial charge in [0.25, 0.3) is 0 Å². The number of nitrogens with two attached hydrogens (primary N) is 1. The van der Waals surface area contributed by atoms with Gasteiger partial charge in [-0.3, -0.25) is 0 Å². The van der Waals surface area contributed by atoms with Crippen LogP contribution >= 0.6 is 0 Å². The standard InChI is InChI=1S/C17H19NO/c1-13-5-7-15(8-6-13)17(11-19-12-17)16-4-2-3-14(9-16)10-18/h2-9H,10-12,18H2,1H3. The van der Waals surface area contributed by atoms with Gasteiger partial charge in [0, 0.05) is 6.54 Å². The summed E-state index contributed by atoms with van der Waals surface area (Å²) in [6.45, 7) is 4.20. The van der Waals surface area contributed by atoms with Crippen LogP contribution in [0.25, 0.3) is 0 Å².